The van der Waals surface area contributed by atoms with Gasteiger partial charge in [-0.3, -0.25) is 9.69 Å². The first kappa shape index (κ1) is 19.4. The van der Waals surface area contributed by atoms with E-state index in [4.69, 9.17) is 9.73 Å². The number of amides is 1. The van der Waals surface area contributed by atoms with Crippen molar-refractivity contribution < 1.29 is 9.53 Å². The predicted molar refractivity (Wildman–Crippen MR) is 126 cm³/mol. The molecule has 0 bridgehead atoms. The molecule has 2 aliphatic heterocycles. The van der Waals surface area contributed by atoms with Crippen molar-refractivity contribution in [2.45, 2.75) is 18.1 Å². The first-order valence-corrected chi connectivity index (χ1v) is 11.7. The van der Waals surface area contributed by atoms with Gasteiger partial charge in [0.25, 0.3) is 5.91 Å². The number of rotatable bonds is 3. The average molecular weight is 479 g/mol. The number of carbonyl (C=O) groups excluding carboxylic acids is 1. The molecule has 5 rings (SSSR count). The van der Waals surface area contributed by atoms with E-state index in [1.165, 1.54) is 0 Å². The third kappa shape index (κ3) is 2.97. The van der Waals surface area contributed by atoms with Crippen LogP contribution in [-0.2, 0) is 10.3 Å². The van der Waals surface area contributed by atoms with E-state index in [9.17, 15) is 4.79 Å². The van der Waals surface area contributed by atoms with Crippen molar-refractivity contribution >= 4 is 50.0 Å². The SMILES string of the molecule is CSC1=Nc2ccccc2N2C(=O)C(Oc3ccccc3)C2(c2cccc(Br)c2)C1. The number of hydrogen-bond acceptors (Lipinski definition) is 4. The Morgan fingerprint density at radius 2 is 1.83 bits per heavy atom. The van der Waals surface area contributed by atoms with Gasteiger partial charge >= 0.3 is 0 Å². The average Bonchev–Trinajstić information content (AvgIpc) is 2.91. The standard InChI is InChI=1S/C24H19BrN2O2S/c1-30-21-15-24(16-8-7-9-17(25)14-16)22(29-18-10-3-2-4-11-18)23(28)27(24)20-13-6-5-12-19(20)26-21/h2-14,22H,15H2,1H3. The fraction of sp³-hybridized carbons (Fsp3) is 0.167. The molecule has 150 valence electrons. The highest BCUT2D eigenvalue weighted by atomic mass is 79.9. The molecule has 2 atom stereocenters. The molecule has 2 unspecified atom stereocenters. The second kappa shape index (κ2) is 7.60. The molecule has 1 saturated heterocycles. The van der Waals surface area contributed by atoms with Crippen molar-refractivity contribution in [1.82, 2.24) is 0 Å². The molecule has 6 heteroatoms. The largest absolute Gasteiger partial charge is 0.478 e. The number of aliphatic imine (C=N–C) groups is 1. The van der Waals surface area contributed by atoms with Crippen LogP contribution in [0.4, 0.5) is 11.4 Å². The fourth-order valence-electron chi connectivity index (χ4n) is 4.27. The summed E-state index contributed by atoms with van der Waals surface area (Å²) in [5, 5.41) is 0.971. The Bertz CT molecular complexity index is 1150. The number of anilines is 1. The smallest absolute Gasteiger partial charge is 0.271 e. The number of para-hydroxylation sites is 3. The number of halogens is 1. The highest BCUT2D eigenvalue weighted by Crippen LogP contribution is 2.54. The summed E-state index contributed by atoms with van der Waals surface area (Å²) in [6.45, 7) is 0. The number of hydrogen-bond donors (Lipinski definition) is 0. The van der Waals surface area contributed by atoms with E-state index in [0.29, 0.717) is 12.2 Å². The lowest BCUT2D eigenvalue weighted by molar-refractivity contribution is -0.141. The third-order valence-electron chi connectivity index (χ3n) is 5.62. The van der Waals surface area contributed by atoms with Gasteiger partial charge in [0.1, 0.15) is 11.3 Å². The van der Waals surface area contributed by atoms with Crippen LogP contribution < -0.4 is 9.64 Å². The summed E-state index contributed by atoms with van der Waals surface area (Å²) >= 11 is 5.22. The number of β-lactam (4-membered cyclic amide) rings is 1. The lowest BCUT2D eigenvalue weighted by atomic mass is 9.72. The van der Waals surface area contributed by atoms with Crippen LogP contribution in [0.2, 0.25) is 0 Å². The maximum absolute atomic E-state index is 13.5. The normalized spacial score (nSPS) is 22.3. The minimum atomic E-state index is -0.675. The van der Waals surface area contributed by atoms with Gasteiger partial charge in [0.05, 0.1) is 16.4 Å². The van der Waals surface area contributed by atoms with Crippen molar-refractivity contribution in [2.75, 3.05) is 11.2 Å². The Hall–Kier alpha value is -2.57. The summed E-state index contributed by atoms with van der Waals surface area (Å²) in [6, 6.07) is 25.5. The molecule has 2 aliphatic rings. The van der Waals surface area contributed by atoms with Crippen molar-refractivity contribution in [3.8, 4) is 5.75 Å². The number of carbonyl (C=O) groups is 1. The van der Waals surface area contributed by atoms with E-state index < -0.39 is 11.6 Å². The molecule has 0 aliphatic carbocycles. The summed E-state index contributed by atoms with van der Waals surface area (Å²) in [7, 11) is 0. The number of nitrogens with zero attached hydrogens (tertiary/aromatic N) is 2. The number of thioether (sulfide) groups is 1. The molecule has 0 N–H and O–H groups in total. The van der Waals surface area contributed by atoms with E-state index in [0.717, 1.165) is 26.5 Å². The topological polar surface area (TPSA) is 41.9 Å². The summed E-state index contributed by atoms with van der Waals surface area (Å²) in [5.41, 5.74) is 1.98. The lowest BCUT2D eigenvalue weighted by Crippen LogP contribution is -2.74. The van der Waals surface area contributed by atoms with Gasteiger partial charge in [0.2, 0.25) is 6.10 Å². The zero-order chi connectivity index (χ0) is 20.7. The van der Waals surface area contributed by atoms with E-state index in [-0.39, 0.29) is 5.91 Å². The summed E-state index contributed by atoms with van der Waals surface area (Å²) in [5.74, 6) is 0.633. The molecule has 1 fully saturated rings. The van der Waals surface area contributed by atoms with Gasteiger partial charge in [-0.1, -0.05) is 58.4 Å². The van der Waals surface area contributed by atoms with Crippen molar-refractivity contribution in [2.24, 2.45) is 4.99 Å². The minimum Gasteiger partial charge on any atom is -0.478 e. The molecule has 2 heterocycles. The summed E-state index contributed by atoms with van der Waals surface area (Å²) in [6.07, 6.45) is 1.97. The number of ether oxygens (including phenoxy) is 1. The molecule has 3 aromatic carbocycles. The van der Waals surface area contributed by atoms with Crippen LogP contribution in [0.25, 0.3) is 0 Å². The van der Waals surface area contributed by atoms with Crippen LogP contribution >= 0.6 is 27.7 Å². The Kier molecular flexibility index (Phi) is 4.91. The molecule has 0 radical (unpaired) electrons. The zero-order valence-electron chi connectivity index (χ0n) is 16.3. The molecule has 0 aromatic heterocycles. The second-order valence-corrected chi connectivity index (χ2v) is 9.09. The van der Waals surface area contributed by atoms with Gasteiger partial charge in [-0.15, -0.1) is 11.8 Å². The van der Waals surface area contributed by atoms with Gasteiger partial charge < -0.3 is 4.74 Å². The van der Waals surface area contributed by atoms with Crippen molar-refractivity contribution in [3.05, 3.63) is 88.9 Å². The van der Waals surface area contributed by atoms with Crippen LogP contribution in [0.15, 0.2) is 88.3 Å². The molecule has 4 nitrogen and oxygen atoms in total. The molecular weight excluding hydrogens is 460 g/mol. The van der Waals surface area contributed by atoms with E-state index in [1.54, 1.807) is 11.8 Å². The highest BCUT2D eigenvalue weighted by Gasteiger charge is 2.65. The maximum atomic E-state index is 13.5. The van der Waals surface area contributed by atoms with Gasteiger partial charge in [-0.2, -0.15) is 0 Å². The Morgan fingerprint density at radius 3 is 2.60 bits per heavy atom. The van der Waals surface area contributed by atoms with Crippen LogP contribution in [0.1, 0.15) is 12.0 Å². The van der Waals surface area contributed by atoms with Crippen molar-refractivity contribution in [3.63, 3.8) is 0 Å². The van der Waals surface area contributed by atoms with Gasteiger partial charge in [0.15, 0.2) is 0 Å². The molecule has 1 amide bonds. The van der Waals surface area contributed by atoms with Crippen LogP contribution in [0, 0.1) is 0 Å². The van der Waals surface area contributed by atoms with Gasteiger partial charge in [-0.05, 0) is 48.2 Å². The maximum Gasteiger partial charge on any atom is 0.271 e. The van der Waals surface area contributed by atoms with Crippen LogP contribution in [0.3, 0.4) is 0 Å². The van der Waals surface area contributed by atoms with Crippen molar-refractivity contribution in [1.29, 1.82) is 0 Å². The van der Waals surface area contributed by atoms with Crippen LogP contribution in [-0.4, -0.2) is 23.3 Å². The predicted octanol–water partition coefficient (Wildman–Crippen LogP) is 5.94. The van der Waals surface area contributed by atoms with E-state index in [1.807, 2.05) is 77.9 Å². The fourth-order valence-corrected chi connectivity index (χ4v) is 5.22. The molecule has 3 aromatic rings. The third-order valence-corrected chi connectivity index (χ3v) is 6.82. The second-order valence-electron chi connectivity index (χ2n) is 7.29. The van der Waals surface area contributed by atoms with Crippen LogP contribution in [0.5, 0.6) is 5.75 Å². The monoisotopic (exact) mass is 478 g/mol. The summed E-state index contributed by atoms with van der Waals surface area (Å²) in [4.78, 5) is 20.3. The number of fused-ring (bicyclic) bond motifs is 3. The van der Waals surface area contributed by atoms with Gasteiger partial charge in [0, 0.05) is 10.9 Å². The molecule has 0 spiro atoms. The number of benzene rings is 3. The Labute approximate surface area is 188 Å². The van der Waals surface area contributed by atoms with E-state index >= 15 is 0 Å². The molecule has 30 heavy (non-hydrogen) atoms. The Morgan fingerprint density at radius 1 is 1.07 bits per heavy atom. The minimum absolute atomic E-state index is 0.0520. The highest BCUT2D eigenvalue weighted by molar-refractivity contribution is 9.10. The quantitative estimate of drug-likeness (QED) is 0.437. The summed E-state index contributed by atoms with van der Waals surface area (Å²) < 4.78 is 7.29. The molecule has 0 saturated carbocycles. The van der Waals surface area contributed by atoms with Gasteiger partial charge in [-0.25, -0.2) is 4.99 Å². The lowest BCUT2D eigenvalue weighted by Gasteiger charge is -2.56. The van der Waals surface area contributed by atoms with E-state index in [2.05, 4.69) is 28.1 Å². The first-order chi connectivity index (χ1) is 14.6. The zero-order valence-corrected chi connectivity index (χ0v) is 18.7. The molecular formula is C24H19BrN2O2S. The Balaban J connectivity index is 1.71. The first-order valence-electron chi connectivity index (χ1n) is 9.66.